The molecular formula is C45H48NiO3P+. The number of aromatic hydroxyl groups is 1. The van der Waals surface area contributed by atoms with Crippen LogP contribution in [0.5, 0.6) is 17.2 Å². The molecule has 6 aromatic rings. The topological polar surface area (TPSA) is 38.7 Å². The van der Waals surface area contributed by atoms with Gasteiger partial charge in [0.25, 0.3) is 0 Å². The number of phenols is 1. The summed E-state index contributed by atoms with van der Waals surface area (Å²) in [5.74, 6) is 1.94. The average Bonchev–Trinajstić information content (AvgIpc) is 3.09. The van der Waals surface area contributed by atoms with Gasteiger partial charge in [0.1, 0.15) is 23.8 Å². The number of methoxy groups -OCH3 is 2. The van der Waals surface area contributed by atoms with E-state index in [0.29, 0.717) is 5.75 Å². The van der Waals surface area contributed by atoms with Crippen LogP contribution in [0.15, 0.2) is 121 Å². The Morgan fingerprint density at radius 3 is 1.76 bits per heavy atom. The first-order valence-electron chi connectivity index (χ1n) is 16.9. The Hall–Kier alpha value is -4.23. The van der Waals surface area contributed by atoms with Crippen molar-refractivity contribution in [2.45, 2.75) is 46.0 Å². The summed E-state index contributed by atoms with van der Waals surface area (Å²) in [7, 11) is 1.64. The molecule has 0 saturated carbocycles. The Bertz CT molecular complexity index is 1950. The van der Waals surface area contributed by atoms with E-state index >= 15 is 0 Å². The van der Waals surface area contributed by atoms with Gasteiger partial charge in [-0.1, -0.05) is 110 Å². The molecule has 260 valence electrons. The molecule has 5 heteroatoms. The SMILES string of the molecule is C1=C\CCC[CH-]CC/1.COc1cccc(C)c1[PH+](c1cccc(-c2c3ccccc3cc3ccccc23)c1O)c1c(C)cccc1OC.[CH3+].[Ni]. The smallest absolute Gasteiger partial charge is 0.166 e. The van der Waals surface area contributed by atoms with E-state index < -0.39 is 7.92 Å². The summed E-state index contributed by atoms with van der Waals surface area (Å²) in [6.07, 6.45) is 13.5. The predicted octanol–water partition coefficient (Wildman–Crippen LogP) is 10.6. The van der Waals surface area contributed by atoms with E-state index in [2.05, 4.69) is 111 Å². The van der Waals surface area contributed by atoms with Gasteiger partial charge in [-0.2, -0.15) is 12.8 Å². The van der Waals surface area contributed by atoms with Crippen LogP contribution < -0.4 is 25.4 Å². The standard InChI is InChI=1S/C36H31O3P.C8H13.CH3.Ni/c1-23-12-9-19-30(38-3)35(23)40(36-24(2)13-10-20-31(36)39-4)32-21-11-18-29(34(32)37)33-27-16-7-5-14-25(27)22-26-15-6-8-17-28(26)33;1-2-4-6-8-7-5-3-1;;/h5-22,37H,1-4H3;1-2,7H,3-6,8H2;1H3;/q;-1;+1;/p+1/b;2-1-;;. The number of benzene rings is 6. The Labute approximate surface area is 310 Å². The fraction of sp³-hybridized carbons (Fsp3) is 0.200. The Morgan fingerprint density at radius 2 is 1.18 bits per heavy atom. The summed E-state index contributed by atoms with van der Waals surface area (Å²) >= 11 is 0. The molecule has 0 spiro atoms. The van der Waals surface area contributed by atoms with Crippen LogP contribution in [0.25, 0.3) is 32.7 Å². The van der Waals surface area contributed by atoms with E-state index in [1.54, 1.807) is 14.2 Å². The van der Waals surface area contributed by atoms with Crippen molar-refractivity contribution >= 4 is 45.4 Å². The maximum Gasteiger partial charge on any atom is 0.166 e. The normalized spacial score (nSPS) is 13.2. The number of allylic oxidation sites excluding steroid dienone is 2. The maximum atomic E-state index is 12.3. The number of para-hydroxylation sites is 1. The Morgan fingerprint density at radius 1 is 0.640 bits per heavy atom. The first-order valence-corrected chi connectivity index (χ1v) is 18.4. The van der Waals surface area contributed by atoms with Crippen molar-refractivity contribution < 1.29 is 31.1 Å². The molecule has 0 atom stereocenters. The molecular weight excluding hydrogens is 678 g/mol. The van der Waals surface area contributed by atoms with Crippen LogP contribution in [0.3, 0.4) is 0 Å². The number of aryl methyl sites for hydroxylation is 2. The zero-order valence-electron chi connectivity index (χ0n) is 29.7. The van der Waals surface area contributed by atoms with E-state index in [0.717, 1.165) is 71.2 Å². The first kappa shape index (κ1) is 38.6. The van der Waals surface area contributed by atoms with Crippen LogP contribution in [0.1, 0.15) is 43.2 Å². The molecule has 7 rings (SSSR count). The van der Waals surface area contributed by atoms with Gasteiger partial charge in [0.2, 0.25) is 0 Å². The molecule has 1 N–H and O–H groups in total. The van der Waals surface area contributed by atoms with Gasteiger partial charge < -0.3 is 21.0 Å². The van der Waals surface area contributed by atoms with Crippen molar-refractivity contribution in [1.29, 1.82) is 0 Å². The van der Waals surface area contributed by atoms with Gasteiger partial charge in [0, 0.05) is 35.0 Å². The third-order valence-electron chi connectivity index (χ3n) is 9.24. The van der Waals surface area contributed by atoms with Crippen LogP contribution in [0.2, 0.25) is 0 Å². The largest absolute Gasteiger partial charge is 0.504 e. The summed E-state index contributed by atoms with van der Waals surface area (Å²) in [4.78, 5) is 0. The summed E-state index contributed by atoms with van der Waals surface area (Å²) < 4.78 is 11.9. The van der Waals surface area contributed by atoms with Crippen molar-refractivity contribution in [3.8, 4) is 28.4 Å². The minimum Gasteiger partial charge on any atom is -0.504 e. The molecule has 3 nitrogen and oxygen atoms in total. The van der Waals surface area contributed by atoms with Crippen LogP contribution >= 0.6 is 7.92 Å². The molecule has 1 aliphatic carbocycles. The molecule has 0 fully saturated rings. The van der Waals surface area contributed by atoms with Crippen LogP contribution in [0.4, 0.5) is 0 Å². The molecule has 0 amide bonds. The zero-order valence-corrected chi connectivity index (χ0v) is 31.7. The van der Waals surface area contributed by atoms with Crippen molar-refractivity contribution in [2.24, 2.45) is 0 Å². The minimum absolute atomic E-state index is 0. The van der Waals surface area contributed by atoms with E-state index in [4.69, 9.17) is 9.47 Å². The maximum absolute atomic E-state index is 12.3. The quantitative estimate of drug-likeness (QED) is 0.0611. The van der Waals surface area contributed by atoms with Crippen molar-refractivity contribution in [3.63, 3.8) is 0 Å². The monoisotopic (exact) mass is 725 g/mol. The van der Waals surface area contributed by atoms with Crippen LogP contribution in [-0.2, 0) is 16.5 Å². The van der Waals surface area contributed by atoms with Crippen molar-refractivity contribution in [1.82, 2.24) is 0 Å². The molecule has 6 aromatic carbocycles. The third-order valence-corrected chi connectivity index (χ3v) is 12.5. The molecule has 1 aliphatic rings. The molecule has 0 aliphatic heterocycles. The Balaban J connectivity index is 0.000000497. The molecule has 0 heterocycles. The molecule has 50 heavy (non-hydrogen) atoms. The van der Waals surface area contributed by atoms with Crippen molar-refractivity contribution in [2.75, 3.05) is 14.2 Å². The molecule has 0 aromatic heterocycles. The Kier molecular flexibility index (Phi) is 14.0. The van der Waals surface area contributed by atoms with Gasteiger partial charge >= 0.3 is 0 Å². The van der Waals surface area contributed by atoms with Gasteiger partial charge in [0.15, 0.2) is 17.2 Å². The average molecular weight is 727 g/mol. The zero-order chi connectivity index (χ0) is 33.5. The summed E-state index contributed by atoms with van der Waals surface area (Å²) in [5, 5.41) is 20.0. The molecule has 0 unspecified atom stereocenters. The number of phenolic OH excluding ortho intramolecular Hbond substituents is 1. The van der Waals surface area contributed by atoms with Gasteiger partial charge in [-0.15, -0.1) is 0 Å². The number of ether oxygens (including phenoxy) is 2. The third kappa shape index (κ3) is 8.05. The van der Waals surface area contributed by atoms with Gasteiger partial charge in [-0.05, 0) is 77.2 Å². The van der Waals surface area contributed by atoms with E-state index in [1.165, 1.54) is 32.1 Å². The summed E-state index contributed by atoms with van der Waals surface area (Å²) in [6, 6.07) is 37.5. The number of hydrogen-bond acceptors (Lipinski definition) is 3. The minimum atomic E-state index is -1.79. The second-order valence-corrected chi connectivity index (χ2v) is 14.6. The van der Waals surface area contributed by atoms with Gasteiger partial charge in [-0.25, -0.2) is 0 Å². The fourth-order valence-electron chi connectivity index (χ4n) is 6.88. The van der Waals surface area contributed by atoms with E-state index in [1.807, 2.05) is 30.3 Å². The number of hydrogen-bond donors (Lipinski definition) is 1. The van der Waals surface area contributed by atoms with Crippen molar-refractivity contribution in [3.05, 3.63) is 146 Å². The molecule has 0 bridgehead atoms. The first-order chi connectivity index (χ1) is 23.5. The van der Waals surface area contributed by atoms with E-state index in [-0.39, 0.29) is 23.9 Å². The van der Waals surface area contributed by atoms with Gasteiger partial charge in [-0.3, -0.25) is 0 Å². The number of fused-ring (bicyclic) bond motifs is 2. The van der Waals surface area contributed by atoms with Crippen LogP contribution in [-0.4, -0.2) is 19.3 Å². The summed E-state index contributed by atoms with van der Waals surface area (Å²) in [5.41, 5.74) is 4.12. The second kappa shape index (κ2) is 18.1. The fourth-order valence-corrected chi connectivity index (χ4v) is 10.1. The van der Waals surface area contributed by atoms with E-state index in [9.17, 15) is 5.11 Å². The van der Waals surface area contributed by atoms with Gasteiger partial charge in [0.05, 0.1) is 14.2 Å². The predicted molar refractivity (Wildman–Crippen MR) is 214 cm³/mol. The van der Waals surface area contributed by atoms with Crippen LogP contribution in [0, 0.1) is 27.7 Å². The number of rotatable bonds is 6. The molecule has 0 saturated heterocycles. The summed E-state index contributed by atoms with van der Waals surface area (Å²) in [6.45, 7) is 4.23. The molecule has 0 radical (unpaired) electrons. The second-order valence-electron chi connectivity index (χ2n) is 12.3.